The number of nitrogens with one attached hydrogen (secondary N) is 1. The van der Waals surface area contributed by atoms with Gasteiger partial charge in [0.15, 0.2) is 8.68 Å². The topological polar surface area (TPSA) is 59.1 Å². The Morgan fingerprint density at radius 2 is 2.10 bits per heavy atom. The molecule has 0 atom stereocenters. The zero-order valence-electron chi connectivity index (χ0n) is 10.2. The summed E-state index contributed by atoms with van der Waals surface area (Å²) < 4.78 is 39.8. The highest BCUT2D eigenvalue weighted by Gasteiger charge is 2.21. The SMILES string of the molecule is Cc1nc(Cl)sc1S(=O)(=O)NCc1ccc(F)c(Cl)c1. The summed E-state index contributed by atoms with van der Waals surface area (Å²) >= 11 is 12.2. The van der Waals surface area contributed by atoms with Gasteiger partial charge in [-0.15, -0.1) is 0 Å². The summed E-state index contributed by atoms with van der Waals surface area (Å²) in [6, 6.07) is 4.00. The molecule has 0 amide bonds. The molecular formula is C11H9Cl2FN2O2S2. The normalized spacial score (nSPS) is 11.8. The number of benzene rings is 1. The van der Waals surface area contributed by atoms with E-state index in [1.165, 1.54) is 18.2 Å². The second-order valence-electron chi connectivity index (χ2n) is 3.91. The number of nitrogens with zero attached hydrogens (tertiary/aromatic N) is 1. The summed E-state index contributed by atoms with van der Waals surface area (Å²) in [5.41, 5.74) is 0.887. The van der Waals surface area contributed by atoms with Crippen LogP contribution in [0.3, 0.4) is 0 Å². The van der Waals surface area contributed by atoms with Gasteiger partial charge in [-0.1, -0.05) is 40.6 Å². The van der Waals surface area contributed by atoms with Gasteiger partial charge >= 0.3 is 0 Å². The molecule has 1 aromatic heterocycles. The minimum atomic E-state index is -3.71. The molecule has 0 fully saturated rings. The second kappa shape index (κ2) is 5.95. The Labute approximate surface area is 129 Å². The van der Waals surface area contributed by atoms with Gasteiger partial charge in [0.1, 0.15) is 5.82 Å². The lowest BCUT2D eigenvalue weighted by molar-refractivity contribution is 0.582. The van der Waals surface area contributed by atoms with E-state index < -0.39 is 15.8 Å². The predicted molar refractivity (Wildman–Crippen MR) is 77.3 cm³/mol. The van der Waals surface area contributed by atoms with Gasteiger partial charge in [0.2, 0.25) is 0 Å². The molecule has 108 valence electrons. The average Bonchev–Trinajstić information content (AvgIpc) is 2.71. The Balaban J connectivity index is 2.17. The van der Waals surface area contributed by atoms with Crippen molar-refractivity contribution < 1.29 is 12.8 Å². The van der Waals surface area contributed by atoms with Crippen LogP contribution in [0.15, 0.2) is 22.4 Å². The van der Waals surface area contributed by atoms with E-state index in [9.17, 15) is 12.8 Å². The highest BCUT2D eigenvalue weighted by molar-refractivity contribution is 7.91. The van der Waals surface area contributed by atoms with Crippen molar-refractivity contribution in [2.24, 2.45) is 0 Å². The van der Waals surface area contributed by atoms with Gasteiger partial charge in [0, 0.05) is 6.54 Å². The van der Waals surface area contributed by atoms with Crippen LogP contribution in [0.25, 0.3) is 0 Å². The summed E-state index contributed by atoms with van der Waals surface area (Å²) in [6.07, 6.45) is 0. The first-order valence-electron chi connectivity index (χ1n) is 5.36. The van der Waals surface area contributed by atoms with Gasteiger partial charge in [0.25, 0.3) is 10.0 Å². The van der Waals surface area contributed by atoms with Gasteiger partial charge in [0.05, 0.1) is 10.7 Å². The fourth-order valence-electron chi connectivity index (χ4n) is 1.49. The van der Waals surface area contributed by atoms with Crippen LogP contribution in [0.5, 0.6) is 0 Å². The van der Waals surface area contributed by atoms with Crippen molar-refractivity contribution in [3.63, 3.8) is 0 Å². The number of thiazole rings is 1. The van der Waals surface area contributed by atoms with Crippen LogP contribution in [0, 0.1) is 12.7 Å². The Morgan fingerprint density at radius 1 is 1.40 bits per heavy atom. The maximum atomic E-state index is 13.0. The Hall–Kier alpha value is -0.730. The van der Waals surface area contributed by atoms with Crippen LogP contribution in [-0.2, 0) is 16.6 Å². The third kappa shape index (κ3) is 3.48. The molecule has 0 bridgehead atoms. The first-order valence-corrected chi connectivity index (χ1v) is 8.41. The monoisotopic (exact) mass is 354 g/mol. The molecule has 9 heteroatoms. The largest absolute Gasteiger partial charge is 0.252 e. The van der Waals surface area contributed by atoms with E-state index in [4.69, 9.17) is 23.2 Å². The lowest BCUT2D eigenvalue weighted by Crippen LogP contribution is -2.23. The van der Waals surface area contributed by atoms with Crippen molar-refractivity contribution in [1.82, 2.24) is 9.71 Å². The summed E-state index contributed by atoms with van der Waals surface area (Å²) in [4.78, 5) is 3.85. The Bertz CT molecular complexity index is 747. The molecular weight excluding hydrogens is 346 g/mol. The van der Waals surface area contributed by atoms with Crippen LogP contribution in [-0.4, -0.2) is 13.4 Å². The van der Waals surface area contributed by atoms with Crippen LogP contribution >= 0.6 is 34.5 Å². The quantitative estimate of drug-likeness (QED) is 0.915. The summed E-state index contributed by atoms with van der Waals surface area (Å²) in [5.74, 6) is -0.552. The van der Waals surface area contributed by atoms with Crippen molar-refractivity contribution >= 4 is 44.6 Å². The zero-order valence-corrected chi connectivity index (χ0v) is 13.3. The maximum Gasteiger partial charge on any atom is 0.252 e. The first-order chi connectivity index (χ1) is 9.29. The smallest absolute Gasteiger partial charge is 0.229 e. The Kier molecular flexibility index (Phi) is 4.66. The molecule has 0 radical (unpaired) electrons. The summed E-state index contributed by atoms with van der Waals surface area (Å²) in [7, 11) is -3.71. The molecule has 0 unspecified atom stereocenters. The molecule has 2 aromatic rings. The number of rotatable bonds is 4. The van der Waals surface area contributed by atoms with Crippen LogP contribution in [0.2, 0.25) is 9.49 Å². The molecule has 0 saturated carbocycles. The number of halogens is 3. The number of hydrogen-bond acceptors (Lipinski definition) is 4. The third-order valence-electron chi connectivity index (χ3n) is 2.42. The number of sulfonamides is 1. The van der Waals surface area contributed by atoms with E-state index in [1.54, 1.807) is 6.92 Å². The fraction of sp³-hybridized carbons (Fsp3) is 0.182. The molecule has 1 aromatic carbocycles. The Morgan fingerprint density at radius 3 is 2.65 bits per heavy atom. The van der Waals surface area contributed by atoms with Gasteiger partial charge < -0.3 is 0 Å². The number of aromatic nitrogens is 1. The van der Waals surface area contributed by atoms with Gasteiger partial charge in [-0.3, -0.25) is 0 Å². The highest BCUT2D eigenvalue weighted by Crippen LogP contribution is 2.26. The van der Waals surface area contributed by atoms with Crippen molar-refractivity contribution in [3.05, 3.63) is 44.8 Å². The molecule has 0 aliphatic carbocycles. The molecule has 1 heterocycles. The minimum absolute atomic E-state index is 0.00269. The number of aryl methyl sites for hydroxylation is 1. The molecule has 0 aliphatic heterocycles. The van der Waals surface area contributed by atoms with E-state index in [2.05, 4.69) is 9.71 Å². The molecule has 0 aliphatic rings. The van der Waals surface area contributed by atoms with Crippen LogP contribution < -0.4 is 4.72 Å². The first kappa shape index (κ1) is 15.7. The maximum absolute atomic E-state index is 13.0. The van der Waals surface area contributed by atoms with Gasteiger partial charge in [-0.05, 0) is 24.6 Å². The van der Waals surface area contributed by atoms with Crippen molar-refractivity contribution in [2.75, 3.05) is 0 Å². The van der Waals surface area contributed by atoms with Gasteiger partial charge in [-0.25, -0.2) is 22.5 Å². The van der Waals surface area contributed by atoms with E-state index in [-0.39, 0.29) is 20.2 Å². The molecule has 4 nitrogen and oxygen atoms in total. The van der Waals surface area contributed by atoms with Gasteiger partial charge in [-0.2, -0.15) is 0 Å². The summed E-state index contributed by atoms with van der Waals surface area (Å²) in [6.45, 7) is 1.56. The van der Waals surface area contributed by atoms with E-state index in [1.807, 2.05) is 0 Å². The highest BCUT2D eigenvalue weighted by atomic mass is 35.5. The second-order valence-corrected chi connectivity index (χ2v) is 7.86. The lowest BCUT2D eigenvalue weighted by atomic mass is 10.2. The molecule has 0 saturated heterocycles. The average molecular weight is 355 g/mol. The van der Waals surface area contributed by atoms with E-state index >= 15 is 0 Å². The fourth-order valence-corrected chi connectivity index (χ4v) is 4.50. The minimum Gasteiger partial charge on any atom is -0.229 e. The molecule has 0 spiro atoms. The van der Waals surface area contributed by atoms with Crippen LogP contribution in [0.1, 0.15) is 11.3 Å². The van der Waals surface area contributed by atoms with E-state index in [0.29, 0.717) is 11.3 Å². The van der Waals surface area contributed by atoms with Crippen LogP contribution in [0.4, 0.5) is 4.39 Å². The molecule has 20 heavy (non-hydrogen) atoms. The third-order valence-corrected chi connectivity index (χ3v) is 5.98. The zero-order chi connectivity index (χ0) is 14.9. The van der Waals surface area contributed by atoms with Crippen molar-refractivity contribution in [1.29, 1.82) is 0 Å². The van der Waals surface area contributed by atoms with Crippen molar-refractivity contribution in [2.45, 2.75) is 17.7 Å². The van der Waals surface area contributed by atoms with Crippen molar-refractivity contribution in [3.8, 4) is 0 Å². The molecule has 1 N–H and O–H groups in total. The predicted octanol–water partition coefficient (Wildman–Crippen LogP) is 3.38. The lowest BCUT2D eigenvalue weighted by Gasteiger charge is -2.06. The van der Waals surface area contributed by atoms with E-state index in [0.717, 1.165) is 11.3 Å². The summed E-state index contributed by atoms with van der Waals surface area (Å²) in [5, 5.41) is -0.0567. The molecule has 2 rings (SSSR count). The standard InChI is InChI=1S/C11H9Cl2FN2O2S2/c1-6-10(19-11(13)16-6)20(17,18)15-5-7-2-3-9(14)8(12)4-7/h2-4,15H,5H2,1H3. The number of hydrogen-bond donors (Lipinski definition) is 1.